The minimum atomic E-state index is -3.09. The van der Waals surface area contributed by atoms with Crippen LogP contribution < -0.4 is 4.74 Å². The Bertz CT molecular complexity index is 632. The predicted octanol–water partition coefficient (Wildman–Crippen LogP) is 3.45. The van der Waals surface area contributed by atoms with Gasteiger partial charge in [-0.05, 0) is 19.8 Å². The van der Waals surface area contributed by atoms with E-state index in [0.717, 1.165) is 4.68 Å². The van der Waals surface area contributed by atoms with E-state index in [9.17, 15) is 18.0 Å². The Kier molecular flexibility index (Phi) is 7.42. The summed E-state index contributed by atoms with van der Waals surface area (Å²) in [5.41, 5.74) is 0.0885. The van der Waals surface area contributed by atoms with E-state index in [-0.39, 0.29) is 42.7 Å². The van der Waals surface area contributed by atoms with Gasteiger partial charge >= 0.3 is 12.6 Å². The van der Waals surface area contributed by atoms with Gasteiger partial charge in [-0.25, -0.2) is 13.9 Å². The molecule has 11 heteroatoms. The molecule has 148 valence electrons. The van der Waals surface area contributed by atoms with E-state index >= 15 is 0 Å². The number of aromatic nitrogens is 2. The Balaban J connectivity index is 2.14. The fourth-order valence-corrected chi connectivity index (χ4v) is 3.55. The number of nitrogens with zero attached hydrogens (tertiary/aromatic N) is 2. The van der Waals surface area contributed by atoms with Gasteiger partial charge in [0, 0.05) is 13.0 Å². The highest BCUT2D eigenvalue weighted by Gasteiger charge is 2.41. The monoisotopic (exact) mass is 418 g/mol. The average Bonchev–Trinajstić information content (AvgIpc) is 2.82. The molecule has 1 fully saturated rings. The highest BCUT2D eigenvalue weighted by atomic mass is 35.5. The number of carbonyl (C=O) groups is 1. The van der Waals surface area contributed by atoms with E-state index in [1.165, 1.54) is 7.05 Å². The van der Waals surface area contributed by atoms with E-state index in [1.54, 1.807) is 6.92 Å². The fourth-order valence-electron chi connectivity index (χ4n) is 2.86. The summed E-state index contributed by atoms with van der Waals surface area (Å²) in [7, 11) is 1.36. The van der Waals surface area contributed by atoms with Crippen LogP contribution in [0.4, 0.5) is 13.2 Å². The molecule has 0 spiro atoms. The minimum absolute atomic E-state index is 0.0579. The van der Waals surface area contributed by atoms with E-state index in [4.69, 9.17) is 32.7 Å². The molecule has 1 aliphatic rings. The lowest BCUT2D eigenvalue weighted by Crippen LogP contribution is -2.39. The molecule has 0 aromatic carbocycles. The zero-order valence-corrected chi connectivity index (χ0v) is 15.6. The van der Waals surface area contributed by atoms with Gasteiger partial charge in [-0.3, -0.25) is 0 Å². The lowest BCUT2D eigenvalue weighted by Gasteiger charge is -2.34. The molecule has 0 aliphatic heterocycles. The molecule has 0 amide bonds. The number of halogens is 5. The van der Waals surface area contributed by atoms with E-state index < -0.39 is 36.2 Å². The van der Waals surface area contributed by atoms with Crippen LogP contribution in [-0.4, -0.2) is 53.2 Å². The fraction of sp³-hybridized carbons (Fsp3) is 0.733. The van der Waals surface area contributed by atoms with Crippen LogP contribution in [0, 0.1) is 0 Å². The van der Waals surface area contributed by atoms with Crippen LogP contribution in [-0.2, 0) is 21.3 Å². The number of hydrogen-bond acceptors (Lipinski definition) is 5. The van der Waals surface area contributed by atoms with Gasteiger partial charge in [0.15, 0.2) is 0 Å². The summed E-state index contributed by atoms with van der Waals surface area (Å²) >= 11 is 12.2. The maximum absolute atomic E-state index is 14.5. The number of ether oxygens (including phenoxy) is 3. The standard InChI is InChI=1S/C15H19Cl2F3N2O4/c1-3-24-11(23)6-25-10-4-7(9(18)5-8(10)16)13-12(17)14(22(2)21-13)26-15(19)20/h7-10,15H,3-6H2,1-2H3. The Morgan fingerprint density at radius 2 is 2.12 bits per heavy atom. The van der Waals surface area contributed by atoms with Crippen molar-refractivity contribution in [2.45, 2.75) is 49.9 Å². The number of carbonyl (C=O) groups excluding carboxylic acids is 1. The first-order valence-corrected chi connectivity index (χ1v) is 8.78. The van der Waals surface area contributed by atoms with Crippen molar-refractivity contribution < 1.29 is 32.2 Å². The van der Waals surface area contributed by atoms with Crippen LogP contribution in [0.1, 0.15) is 31.4 Å². The summed E-state index contributed by atoms with van der Waals surface area (Å²) in [6.45, 7) is -1.53. The van der Waals surface area contributed by atoms with Gasteiger partial charge in [-0.1, -0.05) is 11.6 Å². The van der Waals surface area contributed by atoms with Crippen LogP contribution in [0.3, 0.4) is 0 Å². The molecule has 4 unspecified atom stereocenters. The topological polar surface area (TPSA) is 62.6 Å². The highest BCUT2D eigenvalue weighted by molar-refractivity contribution is 6.32. The first-order chi connectivity index (χ1) is 12.2. The second kappa shape index (κ2) is 9.14. The van der Waals surface area contributed by atoms with Gasteiger partial charge in [0.25, 0.3) is 0 Å². The van der Waals surface area contributed by atoms with E-state index in [0.29, 0.717) is 0 Å². The molecule has 2 rings (SSSR count). The lowest BCUT2D eigenvalue weighted by molar-refractivity contribution is -0.151. The van der Waals surface area contributed by atoms with E-state index in [2.05, 4.69) is 9.84 Å². The van der Waals surface area contributed by atoms with Crippen LogP contribution in [0.25, 0.3) is 0 Å². The van der Waals surface area contributed by atoms with Gasteiger partial charge in [-0.15, -0.1) is 11.6 Å². The van der Waals surface area contributed by atoms with Crippen molar-refractivity contribution in [3.8, 4) is 5.88 Å². The summed E-state index contributed by atoms with van der Waals surface area (Å²) in [6.07, 6.45) is -2.01. The SMILES string of the molecule is CCOC(=O)COC1CC(c2nn(C)c(OC(F)F)c2Cl)C(F)CC1Cl. The van der Waals surface area contributed by atoms with Gasteiger partial charge < -0.3 is 14.2 Å². The van der Waals surface area contributed by atoms with Crippen molar-refractivity contribution in [3.63, 3.8) is 0 Å². The Morgan fingerprint density at radius 1 is 1.42 bits per heavy atom. The quantitative estimate of drug-likeness (QED) is 0.501. The molecule has 1 aromatic rings. The Morgan fingerprint density at radius 3 is 2.73 bits per heavy atom. The lowest BCUT2D eigenvalue weighted by atomic mass is 9.83. The Labute approximate surface area is 158 Å². The van der Waals surface area contributed by atoms with Gasteiger partial charge in [0.05, 0.1) is 23.8 Å². The van der Waals surface area contributed by atoms with Gasteiger partial charge in [0.1, 0.15) is 17.8 Å². The second-order valence-electron chi connectivity index (χ2n) is 5.77. The van der Waals surface area contributed by atoms with Crippen LogP contribution in [0.5, 0.6) is 5.88 Å². The van der Waals surface area contributed by atoms with Gasteiger partial charge in [-0.2, -0.15) is 13.9 Å². The molecule has 26 heavy (non-hydrogen) atoms. The third-order valence-electron chi connectivity index (χ3n) is 4.01. The molecule has 0 bridgehead atoms. The van der Waals surface area contributed by atoms with Gasteiger partial charge in [0.2, 0.25) is 5.88 Å². The molecule has 1 heterocycles. The highest BCUT2D eigenvalue weighted by Crippen LogP contribution is 2.43. The molecular weight excluding hydrogens is 400 g/mol. The van der Waals surface area contributed by atoms with Crippen LogP contribution in [0.2, 0.25) is 5.02 Å². The number of aryl methyl sites for hydroxylation is 1. The molecule has 0 saturated heterocycles. The normalized spacial score (nSPS) is 26.2. The van der Waals surface area contributed by atoms with Crippen molar-refractivity contribution in [1.29, 1.82) is 0 Å². The first kappa shape index (κ1) is 21.1. The molecule has 1 aromatic heterocycles. The van der Waals surface area contributed by atoms with Crippen molar-refractivity contribution in [3.05, 3.63) is 10.7 Å². The molecule has 0 radical (unpaired) electrons. The summed E-state index contributed by atoms with van der Waals surface area (Å²) < 4.78 is 55.1. The first-order valence-electron chi connectivity index (χ1n) is 7.97. The summed E-state index contributed by atoms with van der Waals surface area (Å²) in [5, 5.41) is 3.18. The smallest absolute Gasteiger partial charge is 0.388 e. The average molecular weight is 419 g/mol. The number of alkyl halides is 4. The molecular formula is C15H19Cl2F3N2O4. The van der Waals surface area contributed by atoms with Crippen molar-refractivity contribution >= 4 is 29.2 Å². The number of rotatable bonds is 7. The number of hydrogen-bond donors (Lipinski definition) is 0. The summed E-state index contributed by atoms with van der Waals surface area (Å²) in [5.74, 6) is -1.73. The zero-order valence-electron chi connectivity index (χ0n) is 14.1. The molecule has 1 saturated carbocycles. The maximum Gasteiger partial charge on any atom is 0.388 e. The third kappa shape index (κ3) is 4.95. The summed E-state index contributed by atoms with van der Waals surface area (Å²) in [6, 6.07) is 0. The minimum Gasteiger partial charge on any atom is -0.464 e. The molecule has 0 N–H and O–H groups in total. The second-order valence-corrected chi connectivity index (χ2v) is 6.71. The van der Waals surface area contributed by atoms with Crippen LogP contribution >= 0.6 is 23.2 Å². The molecule has 1 aliphatic carbocycles. The Hall–Kier alpha value is -1.19. The van der Waals surface area contributed by atoms with E-state index in [1.807, 2.05) is 0 Å². The third-order valence-corrected chi connectivity index (χ3v) is 4.83. The zero-order chi connectivity index (χ0) is 19.4. The maximum atomic E-state index is 14.5. The summed E-state index contributed by atoms with van der Waals surface area (Å²) in [4.78, 5) is 11.4. The largest absolute Gasteiger partial charge is 0.464 e. The number of esters is 1. The van der Waals surface area contributed by atoms with Crippen molar-refractivity contribution in [1.82, 2.24) is 9.78 Å². The predicted molar refractivity (Wildman–Crippen MR) is 87.7 cm³/mol. The molecule has 6 nitrogen and oxygen atoms in total. The van der Waals surface area contributed by atoms with Crippen LogP contribution in [0.15, 0.2) is 0 Å². The van der Waals surface area contributed by atoms with Crippen molar-refractivity contribution in [2.24, 2.45) is 7.05 Å². The molecule has 4 atom stereocenters. The van der Waals surface area contributed by atoms with Crippen molar-refractivity contribution in [2.75, 3.05) is 13.2 Å².